The number of rotatable bonds is 8. The molecular weight excluding hydrogens is 459 g/mol. The van der Waals surface area contributed by atoms with Crippen molar-refractivity contribution in [3.63, 3.8) is 0 Å². The summed E-state index contributed by atoms with van der Waals surface area (Å²) in [6.45, 7) is 2.17. The average Bonchev–Trinajstić information content (AvgIpc) is 3.03. The third-order valence-electron chi connectivity index (χ3n) is 6.48. The van der Waals surface area contributed by atoms with Crippen LogP contribution in [0.15, 0.2) is 65.7 Å². The van der Waals surface area contributed by atoms with Gasteiger partial charge in [0.05, 0.1) is 26.0 Å². The zero-order chi connectivity index (χ0) is 25.7. The molecule has 1 heterocycles. The molecule has 3 aromatic rings. The smallest absolute Gasteiger partial charge is 0.219 e. The summed E-state index contributed by atoms with van der Waals surface area (Å²) < 4.78 is 30.2. The largest absolute Gasteiger partial charge is 0.493 e. The molecule has 0 radical (unpaired) electrons. The summed E-state index contributed by atoms with van der Waals surface area (Å²) >= 11 is 0. The van der Waals surface area contributed by atoms with Gasteiger partial charge >= 0.3 is 0 Å². The molecule has 2 atom stereocenters. The Kier molecular flexibility index (Phi) is 7.88. The standard InChI is InChI=1S/C29H31FN2O4/c1-18-15-20-16-26(34-3)27(35-4)17-24(20)29(32-25(18)13-14-28(33)31-2)19-5-9-22(10-6-19)36-23-11-7-21(30)8-12-23/h5-12,16-18,25H,13-15H2,1-4H3,(H,31,33). The average molecular weight is 491 g/mol. The Bertz CT molecular complexity index is 1240. The number of fused-ring (bicyclic) bond motifs is 1. The lowest BCUT2D eigenvalue weighted by atomic mass is 9.90. The molecule has 188 valence electrons. The predicted molar refractivity (Wildman–Crippen MR) is 138 cm³/mol. The van der Waals surface area contributed by atoms with Gasteiger partial charge < -0.3 is 19.5 Å². The summed E-state index contributed by atoms with van der Waals surface area (Å²) in [5.41, 5.74) is 3.86. The summed E-state index contributed by atoms with van der Waals surface area (Å²) in [5.74, 6) is 2.43. The fraction of sp³-hybridized carbons (Fsp3) is 0.310. The molecule has 0 spiro atoms. The van der Waals surface area contributed by atoms with Gasteiger partial charge in [-0.25, -0.2) is 4.39 Å². The number of nitrogens with zero attached hydrogens (tertiary/aromatic N) is 1. The highest BCUT2D eigenvalue weighted by Gasteiger charge is 2.27. The third-order valence-corrected chi connectivity index (χ3v) is 6.48. The molecule has 2 unspecified atom stereocenters. The van der Waals surface area contributed by atoms with Gasteiger partial charge in [0.2, 0.25) is 5.91 Å². The van der Waals surface area contributed by atoms with Crippen LogP contribution in [0.3, 0.4) is 0 Å². The van der Waals surface area contributed by atoms with E-state index >= 15 is 0 Å². The molecule has 3 aromatic carbocycles. The molecule has 0 fully saturated rings. The number of hydrogen-bond donors (Lipinski definition) is 1. The molecule has 0 saturated heterocycles. The van der Waals surface area contributed by atoms with E-state index in [0.29, 0.717) is 35.8 Å². The maximum atomic E-state index is 13.2. The van der Waals surface area contributed by atoms with Crippen molar-refractivity contribution in [1.82, 2.24) is 5.32 Å². The number of ether oxygens (including phenoxy) is 3. The van der Waals surface area contributed by atoms with E-state index in [2.05, 4.69) is 12.2 Å². The Labute approximate surface area is 211 Å². The van der Waals surface area contributed by atoms with E-state index < -0.39 is 0 Å². The molecule has 6 nitrogen and oxygen atoms in total. The minimum absolute atomic E-state index is 0.00587. The van der Waals surface area contributed by atoms with Crippen LogP contribution in [0.4, 0.5) is 4.39 Å². The van der Waals surface area contributed by atoms with Gasteiger partial charge in [0, 0.05) is 24.6 Å². The first-order chi connectivity index (χ1) is 17.4. The normalized spacial score (nSPS) is 16.9. The number of carbonyl (C=O) groups excluding carboxylic acids is 1. The molecule has 0 aromatic heterocycles. The van der Waals surface area contributed by atoms with Crippen LogP contribution in [0.5, 0.6) is 23.0 Å². The lowest BCUT2D eigenvalue weighted by Crippen LogP contribution is -2.23. The van der Waals surface area contributed by atoms with Gasteiger partial charge in [0.25, 0.3) is 0 Å². The number of halogens is 1. The van der Waals surface area contributed by atoms with E-state index in [9.17, 15) is 9.18 Å². The van der Waals surface area contributed by atoms with Crippen molar-refractivity contribution < 1.29 is 23.4 Å². The van der Waals surface area contributed by atoms with Crippen molar-refractivity contribution in [3.8, 4) is 23.0 Å². The van der Waals surface area contributed by atoms with Gasteiger partial charge in [0.1, 0.15) is 17.3 Å². The second-order valence-electron chi connectivity index (χ2n) is 8.88. The molecule has 1 N–H and O–H groups in total. The Morgan fingerprint density at radius 3 is 2.22 bits per heavy atom. The van der Waals surface area contributed by atoms with Gasteiger partial charge in [-0.1, -0.05) is 6.92 Å². The molecule has 0 bridgehead atoms. The second kappa shape index (κ2) is 11.2. The van der Waals surface area contributed by atoms with Crippen LogP contribution in [-0.4, -0.2) is 38.9 Å². The molecule has 7 heteroatoms. The molecule has 4 rings (SSSR count). The van der Waals surface area contributed by atoms with Crippen LogP contribution in [0, 0.1) is 11.7 Å². The van der Waals surface area contributed by atoms with Crippen molar-refractivity contribution >= 4 is 11.6 Å². The SMILES string of the molecule is CNC(=O)CCC1N=C(c2ccc(Oc3ccc(F)cc3)cc2)c2cc(OC)c(OC)cc2CC1C. The number of hydrogen-bond acceptors (Lipinski definition) is 5. The Morgan fingerprint density at radius 2 is 1.61 bits per heavy atom. The summed E-state index contributed by atoms with van der Waals surface area (Å²) in [7, 11) is 4.90. The predicted octanol–water partition coefficient (Wildman–Crippen LogP) is 5.56. The van der Waals surface area contributed by atoms with Gasteiger partial charge in [-0.05, 0) is 85.0 Å². The zero-order valence-corrected chi connectivity index (χ0v) is 21.0. The molecule has 36 heavy (non-hydrogen) atoms. The fourth-order valence-corrected chi connectivity index (χ4v) is 4.46. The van der Waals surface area contributed by atoms with E-state index in [1.807, 2.05) is 36.4 Å². The molecule has 0 saturated carbocycles. The highest BCUT2D eigenvalue weighted by atomic mass is 19.1. The van der Waals surface area contributed by atoms with Crippen molar-refractivity contribution in [2.24, 2.45) is 10.9 Å². The van der Waals surface area contributed by atoms with Crippen LogP contribution >= 0.6 is 0 Å². The lowest BCUT2D eigenvalue weighted by molar-refractivity contribution is -0.120. The topological polar surface area (TPSA) is 69.2 Å². The number of aliphatic imine (C=N–C) groups is 1. The first-order valence-electron chi connectivity index (χ1n) is 12.0. The quantitative estimate of drug-likeness (QED) is 0.449. The second-order valence-corrected chi connectivity index (χ2v) is 8.88. The summed E-state index contributed by atoms with van der Waals surface area (Å²) in [5, 5.41) is 2.70. The van der Waals surface area contributed by atoms with Crippen LogP contribution in [0.25, 0.3) is 0 Å². The number of methoxy groups -OCH3 is 2. The summed E-state index contributed by atoms with van der Waals surface area (Å²) in [4.78, 5) is 17.1. The van der Waals surface area contributed by atoms with Crippen LogP contribution in [0.1, 0.15) is 36.5 Å². The minimum atomic E-state index is -0.310. The van der Waals surface area contributed by atoms with E-state index in [4.69, 9.17) is 19.2 Å². The first-order valence-corrected chi connectivity index (χ1v) is 12.0. The number of benzene rings is 3. The Hall–Kier alpha value is -3.87. The first kappa shape index (κ1) is 25.2. The van der Waals surface area contributed by atoms with E-state index in [-0.39, 0.29) is 23.7 Å². The summed E-state index contributed by atoms with van der Waals surface area (Å²) in [6, 6.07) is 17.5. The minimum Gasteiger partial charge on any atom is -0.493 e. The van der Waals surface area contributed by atoms with E-state index in [0.717, 1.165) is 28.8 Å². The Balaban J connectivity index is 1.72. The molecule has 1 amide bonds. The van der Waals surface area contributed by atoms with Gasteiger partial charge in [-0.15, -0.1) is 0 Å². The van der Waals surface area contributed by atoms with Gasteiger partial charge in [-0.3, -0.25) is 9.79 Å². The van der Waals surface area contributed by atoms with Crippen LogP contribution in [0.2, 0.25) is 0 Å². The van der Waals surface area contributed by atoms with Crippen LogP contribution < -0.4 is 19.5 Å². The van der Waals surface area contributed by atoms with Gasteiger partial charge in [0.15, 0.2) is 11.5 Å². The highest BCUT2D eigenvalue weighted by molar-refractivity contribution is 6.14. The third kappa shape index (κ3) is 5.67. The van der Waals surface area contributed by atoms with Gasteiger partial charge in [-0.2, -0.15) is 0 Å². The maximum absolute atomic E-state index is 13.2. The maximum Gasteiger partial charge on any atom is 0.219 e. The van der Waals surface area contributed by atoms with Crippen molar-refractivity contribution in [2.75, 3.05) is 21.3 Å². The molecular formula is C29H31FN2O4. The molecule has 1 aliphatic heterocycles. The van der Waals surface area contributed by atoms with Crippen molar-refractivity contribution in [3.05, 3.63) is 83.2 Å². The number of carbonyl (C=O) groups is 1. The Morgan fingerprint density at radius 1 is 1.00 bits per heavy atom. The van der Waals surface area contributed by atoms with Crippen molar-refractivity contribution in [2.45, 2.75) is 32.2 Å². The zero-order valence-electron chi connectivity index (χ0n) is 21.0. The highest BCUT2D eigenvalue weighted by Crippen LogP contribution is 2.36. The van der Waals surface area contributed by atoms with E-state index in [1.165, 1.54) is 12.1 Å². The lowest BCUT2D eigenvalue weighted by Gasteiger charge is -2.19. The monoisotopic (exact) mass is 490 g/mol. The molecule has 0 aliphatic carbocycles. The van der Waals surface area contributed by atoms with E-state index in [1.54, 1.807) is 33.4 Å². The van der Waals surface area contributed by atoms with Crippen LogP contribution in [-0.2, 0) is 11.2 Å². The number of nitrogens with one attached hydrogen (secondary N) is 1. The summed E-state index contributed by atoms with van der Waals surface area (Å²) in [6.07, 6.45) is 1.86. The fourth-order valence-electron chi connectivity index (χ4n) is 4.46. The molecule has 1 aliphatic rings. The number of amides is 1. The van der Waals surface area contributed by atoms with Crippen molar-refractivity contribution in [1.29, 1.82) is 0 Å².